The van der Waals surface area contributed by atoms with Crippen molar-refractivity contribution in [1.29, 1.82) is 0 Å². The lowest BCUT2D eigenvalue weighted by molar-refractivity contribution is 0.0602. The highest BCUT2D eigenvalue weighted by molar-refractivity contribution is 7.85. The summed E-state index contributed by atoms with van der Waals surface area (Å²) in [6, 6.07) is 5.07. The highest BCUT2D eigenvalue weighted by Crippen LogP contribution is 2.29. The lowest BCUT2D eigenvalue weighted by Gasteiger charge is -2.05. The van der Waals surface area contributed by atoms with Gasteiger partial charge in [0.05, 0.1) is 17.7 Å². The van der Waals surface area contributed by atoms with Crippen LogP contribution in [0.15, 0.2) is 22.6 Å². The Morgan fingerprint density at radius 1 is 1.47 bits per heavy atom. The van der Waals surface area contributed by atoms with Crippen LogP contribution in [-0.2, 0) is 15.4 Å². The summed E-state index contributed by atoms with van der Waals surface area (Å²) in [6.07, 6.45) is 3.90. The molecule has 0 saturated carbocycles. The van der Waals surface area contributed by atoms with Crippen molar-refractivity contribution in [2.24, 2.45) is 4.36 Å². The molecule has 0 bridgehead atoms. The first-order valence-electron chi connectivity index (χ1n) is 4.22. The molecule has 0 heterocycles. The zero-order valence-electron chi connectivity index (χ0n) is 8.78. The number of esters is 1. The third kappa shape index (κ3) is 3.04. The molecule has 0 aliphatic carbocycles. The molecule has 1 rings (SSSR count). The van der Waals surface area contributed by atoms with Crippen molar-refractivity contribution >= 4 is 33.9 Å². The Balaban J connectivity index is 3.33. The summed E-state index contributed by atoms with van der Waals surface area (Å²) >= 11 is 5.98. The van der Waals surface area contributed by atoms with E-state index in [9.17, 15) is 4.79 Å². The number of methoxy groups -OCH3 is 1. The van der Waals surface area contributed by atoms with Gasteiger partial charge in [0.2, 0.25) is 0 Å². The van der Waals surface area contributed by atoms with Crippen molar-refractivity contribution in [2.45, 2.75) is 0 Å². The number of hydrogen-bond acceptors (Lipinski definition) is 3. The number of carbonyl (C=O) groups excluding carboxylic acids is 1. The first-order valence-corrected chi connectivity index (χ1v) is 6.60. The van der Waals surface area contributed by atoms with Crippen LogP contribution in [-0.4, -0.2) is 25.6 Å². The van der Waals surface area contributed by atoms with Crippen molar-refractivity contribution < 1.29 is 9.53 Å². The van der Waals surface area contributed by atoms with E-state index in [1.54, 1.807) is 18.2 Å². The molecular weight excluding hydrogens is 234 g/mol. The van der Waals surface area contributed by atoms with Crippen LogP contribution in [0.4, 0.5) is 5.69 Å². The van der Waals surface area contributed by atoms with Crippen molar-refractivity contribution in [3.63, 3.8) is 0 Å². The molecule has 0 radical (unpaired) electrons. The number of benzene rings is 1. The maximum absolute atomic E-state index is 11.4. The zero-order valence-corrected chi connectivity index (χ0v) is 10.4. The molecule has 3 nitrogen and oxygen atoms in total. The van der Waals surface area contributed by atoms with E-state index in [2.05, 4.69) is 9.10 Å². The Hall–Kier alpha value is -0.870. The zero-order chi connectivity index (χ0) is 11.4. The molecule has 5 heteroatoms. The van der Waals surface area contributed by atoms with E-state index in [0.717, 1.165) is 0 Å². The quantitative estimate of drug-likeness (QED) is 0.752. The predicted molar refractivity (Wildman–Crippen MR) is 64.1 cm³/mol. The maximum atomic E-state index is 11.4. The van der Waals surface area contributed by atoms with Gasteiger partial charge in [0.15, 0.2) is 0 Å². The highest BCUT2D eigenvalue weighted by Gasteiger charge is 2.13. The molecular formula is C10H12ClNO2S. The van der Waals surface area contributed by atoms with Gasteiger partial charge in [-0.25, -0.2) is 9.16 Å². The molecule has 0 fully saturated rings. The Bertz CT molecular complexity index is 414. The van der Waals surface area contributed by atoms with E-state index in [0.29, 0.717) is 16.3 Å². The molecule has 82 valence electrons. The van der Waals surface area contributed by atoms with Gasteiger partial charge in [0.1, 0.15) is 5.69 Å². The summed E-state index contributed by atoms with van der Waals surface area (Å²) in [5.74, 6) is -0.415. The summed E-state index contributed by atoms with van der Waals surface area (Å²) in [4.78, 5) is 11.4. The lowest BCUT2D eigenvalue weighted by Crippen LogP contribution is -2.01. The van der Waals surface area contributed by atoms with Gasteiger partial charge in [0, 0.05) is 0 Å². The first kappa shape index (κ1) is 12.2. The topological polar surface area (TPSA) is 38.7 Å². The summed E-state index contributed by atoms with van der Waals surface area (Å²) in [7, 11) is 1.17. The number of ether oxygens (including phenoxy) is 1. The fraction of sp³-hybridized carbons (Fsp3) is 0.300. The second-order valence-corrected chi connectivity index (χ2v) is 5.13. The fourth-order valence-corrected chi connectivity index (χ4v) is 1.89. The molecule has 0 aromatic heterocycles. The summed E-state index contributed by atoms with van der Waals surface area (Å²) in [5, 5.41) is 0.471. The van der Waals surface area contributed by atoms with Gasteiger partial charge in [-0.15, -0.1) is 10.7 Å². The summed E-state index contributed by atoms with van der Waals surface area (Å²) < 4.78 is 8.98. The molecule has 0 saturated heterocycles. The van der Waals surface area contributed by atoms with Crippen LogP contribution < -0.4 is 0 Å². The third-order valence-electron chi connectivity index (χ3n) is 1.67. The normalized spacial score (nSPS) is 10.2. The summed E-state index contributed by atoms with van der Waals surface area (Å²) in [5.41, 5.74) is 0.922. The van der Waals surface area contributed by atoms with Crippen LogP contribution in [0.25, 0.3) is 0 Å². The minimum Gasteiger partial charge on any atom is -0.465 e. The largest absolute Gasteiger partial charge is 0.465 e. The monoisotopic (exact) mass is 245 g/mol. The standard InChI is InChI=1S/C10H12ClNO2S/c1-14-10(13)7-5-4-6-8(11)9(7)12-15(2)3/h4-6H,1-3H3. The average Bonchev–Trinajstić information content (AvgIpc) is 2.19. The van der Waals surface area contributed by atoms with Crippen LogP contribution in [0, 0.1) is 0 Å². The molecule has 15 heavy (non-hydrogen) atoms. The van der Waals surface area contributed by atoms with Gasteiger partial charge in [-0.05, 0) is 24.6 Å². The second kappa shape index (κ2) is 5.28. The van der Waals surface area contributed by atoms with Crippen molar-refractivity contribution in [3.05, 3.63) is 28.8 Å². The lowest BCUT2D eigenvalue weighted by atomic mass is 10.2. The maximum Gasteiger partial charge on any atom is 0.340 e. The Kier molecular flexibility index (Phi) is 4.29. The van der Waals surface area contributed by atoms with Gasteiger partial charge >= 0.3 is 5.97 Å². The van der Waals surface area contributed by atoms with Crippen molar-refractivity contribution in [1.82, 2.24) is 0 Å². The fourth-order valence-electron chi connectivity index (χ4n) is 1.07. The Labute approximate surface area is 96.5 Å². The molecule has 1 aromatic carbocycles. The van der Waals surface area contributed by atoms with E-state index in [-0.39, 0.29) is 10.7 Å². The molecule has 0 N–H and O–H groups in total. The van der Waals surface area contributed by atoms with Gasteiger partial charge in [0.25, 0.3) is 0 Å². The molecule has 0 spiro atoms. The SMILES string of the molecule is COC(=O)c1cccc(Cl)c1N=S(C)C. The molecule has 0 amide bonds. The number of halogens is 1. The molecule has 0 aliphatic rings. The van der Waals surface area contributed by atoms with Gasteiger partial charge in [-0.1, -0.05) is 17.7 Å². The third-order valence-corrected chi connectivity index (χ3v) is 2.52. The van der Waals surface area contributed by atoms with Gasteiger partial charge in [-0.3, -0.25) is 0 Å². The average molecular weight is 246 g/mol. The highest BCUT2D eigenvalue weighted by atomic mass is 35.5. The molecule has 0 unspecified atom stereocenters. The van der Waals surface area contributed by atoms with Crippen molar-refractivity contribution in [3.8, 4) is 0 Å². The van der Waals surface area contributed by atoms with E-state index < -0.39 is 5.97 Å². The molecule has 1 aromatic rings. The summed E-state index contributed by atoms with van der Waals surface area (Å²) in [6.45, 7) is 0. The van der Waals surface area contributed by atoms with Crippen LogP contribution in [0.2, 0.25) is 5.02 Å². The number of nitrogens with zero attached hydrogens (tertiary/aromatic N) is 1. The molecule has 0 aliphatic heterocycles. The number of carbonyl (C=O) groups is 1. The minimum atomic E-state index is -0.415. The second-order valence-electron chi connectivity index (χ2n) is 2.99. The van der Waals surface area contributed by atoms with Gasteiger partial charge < -0.3 is 4.74 Å². The Morgan fingerprint density at radius 3 is 2.67 bits per heavy atom. The van der Waals surface area contributed by atoms with E-state index in [1.165, 1.54) is 7.11 Å². The molecule has 0 atom stereocenters. The van der Waals surface area contributed by atoms with Crippen LogP contribution in [0.3, 0.4) is 0 Å². The van der Waals surface area contributed by atoms with Crippen LogP contribution in [0.1, 0.15) is 10.4 Å². The first-order chi connectivity index (χ1) is 7.06. The van der Waals surface area contributed by atoms with Crippen LogP contribution >= 0.6 is 11.6 Å². The van der Waals surface area contributed by atoms with E-state index in [4.69, 9.17) is 11.6 Å². The smallest absolute Gasteiger partial charge is 0.340 e. The van der Waals surface area contributed by atoms with Crippen molar-refractivity contribution in [2.75, 3.05) is 19.6 Å². The van der Waals surface area contributed by atoms with Crippen LogP contribution in [0.5, 0.6) is 0 Å². The number of hydrogen-bond donors (Lipinski definition) is 0. The number of rotatable bonds is 2. The van der Waals surface area contributed by atoms with E-state index in [1.807, 2.05) is 12.5 Å². The van der Waals surface area contributed by atoms with Gasteiger partial charge in [-0.2, -0.15) is 0 Å². The predicted octanol–water partition coefficient (Wildman–Crippen LogP) is 2.82. The van der Waals surface area contributed by atoms with E-state index >= 15 is 0 Å². The Morgan fingerprint density at radius 2 is 2.13 bits per heavy atom. The minimum absolute atomic E-state index is 0.173.